The van der Waals surface area contributed by atoms with Crippen LogP contribution < -0.4 is 10.5 Å². The van der Waals surface area contributed by atoms with Gasteiger partial charge in [-0.3, -0.25) is 4.79 Å². The summed E-state index contributed by atoms with van der Waals surface area (Å²) in [5, 5.41) is 0. The molecule has 0 aliphatic heterocycles. The number of alkyl halides is 3. The number of hydrogen-bond acceptors (Lipinski definition) is 4. The number of aromatic nitrogens is 1. The number of hydrogen-bond donors (Lipinski definition) is 1. The van der Waals surface area contributed by atoms with Gasteiger partial charge in [-0.2, -0.15) is 0 Å². The minimum Gasteiger partial charge on any atom is -0.388 e. The Morgan fingerprint density at radius 3 is 2.62 bits per heavy atom. The maximum atomic E-state index is 12.0. The molecule has 1 aromatic rings. The monoisotopic (exact) mass is 234 g/mol. The summed E-state index contributed by atoms with van der Waals surface area (Å²) in [5.74, 6) is -0.613. The molecule has 2 N–H and O–H groups in total. The summed E-state index contributed by atoms with van der Waals surface area (Å²) in [6, 6.07) is 1.23. The zero-order valence-corrected chi connectivity index (χ0v) is 8.34. The molecule has 7 heteroatoms. The quantitative estimate of drug-likeness (QED) is 0.806. The highest BCUT2D eigenvalue weighted by atomic mass is 19.4. The lowest BCUT2D eigenvalue weighted by Crippen LogP contribution is -2.20. The van der Waals surface area contributed by atoms with E-state index in [0.29, 0.717) is 6.29 Å². The van der Waals surface area contributed by atoms with Crippen LogP contribution in [0.15, 0.2) is 6.07 Å². The van der Waals surface area contributed by atoms with Gasteiger partial charge in [-0.05, 0) is 13.0 Å². The van der Waals surface area contributed by atoms with Crippen LogP contribution in [0, 0.1) is 6.92 Å². The Balaban J connectivity index is 3.18. The van der Waals surface area contributed by atoms with Crippen LogP contribution in [0.1, 0.15) is 21.6 Å². The van der Waals surface area contributed by atoms with E-state index in [-0.39, 0.29) is 23.4 Å². The fraction of sp³-hybridized carbons (Fsp3) is 0.333. The van der Waals surface area contributed by atoms with E-state index in [1.807, 2.05) is 0 Å². The Kier molecular flexibility index (Phi) is 3.48. The van der Waals surface area contributed by atoms with E-state index in [9.17, 15) is 18.0 Å². The van der Waals surface area contributed by atoms with Crippen molar-refractivity contribution in [3.63, 3.8) is 0 Å². The lowest BCUT2D eigenvalue weighted by Gasteiger charge is -2.12. The molecule has 1 rings (SSSR count). The predicted octanol–water partition coefficient (Wildman–Crippen LogP) is 1.56. The van der Waals surface area contributed by atoms with Crippen LogP contribution in [-0.2, 0) is 6.54 Å². The largest absolute Gasteiger partial charge is 0.574 e. The van der Waals surface area contributed by atoms with E-state index in [4.69, 9.17) is 5.73 Å². The number of carbonyl (C=O) groups excluding carboxylic acids is 1. The normalized spacial score (nSPS) is 11.3. The number of nitrogens with zero attached hydrogens (tertiary/aromatic N) is 1. The minimum atomic E-state index is -4.83. The topological polar surface area (TPSA) is 65.2 Å². The molecule has 0 saturated carbocycles. The second-order valence-corrected chi connectivity index (χ2v) is 3.00. The highest BCUT2D eigenvalue weighted by molar-refractivity contribution is 5.76. The zero-order chi connectivity index (χ0) is 12.3. The lowest BCUT2D eigenvalue weighted by molar-refractivity contribution is -0.276. The second-order valence-electron chi connectivity index (χ2n) is 3.00. The molecule has 0 aromatic carbocycles. The molecule has 1 aromatic heterocycles. The predicted molar refractivity (Wildman–Crippen MR) is 48.9 cm³/mol. The average molecular weight is 234 g/mol. The summed E-state index contributed by atoms with van der Waals surface area (Å²) in [5.41, 5.74) is 5.62. The molecule has 0 amide bonds. The fourth-order valence-corrected chi connectivity index (χ4v) is 1.11. The van der Waals surface area contributed by atoms with Crippen molar-refractivity contribution in [2.24, 2.45) is 5.73 Å². The molecule has 0 spiro atoms. The fourth-order valence-electron chi connectivity index (χ4n) is 1.11. The van der Waals surface area contributed by atoms with Gasteiger partial charge in [0.2, 0.25) is 5.88 Å². The molecular formula is C9H9F3N2O2. The summed E-state index contributed by atoms with van der Waals surface area (Å²) in [6.07, 6.45) is -4.33. The Morgan fingerprint density at radius 1 is 1.56 bits per heavy atom. The number of rotatable bonds is 3. The van der Waals surface area contributed by atoms with Gasteiger partial charge in [0.25, 0.3) is 0 Å². The summed E-state index contributed by atoms with van der Waals surface area (Å²) in [4.78, 5) is 14.1. The highest BCUT2D eigenvalue weighted by Crippen LogP contribution is 2.25. The van der Waals surface area contributed by atoms with Crippen LogP contribution in [0.4, 0.5) is 13.2 Å². The van der Waals surface area contributed by atoms with Crippen molar-refractivity contribution in [2.75, 3.05) is 0 Å². The van der Waals surface area contributed by atoms with Crippen molar-refractivity contribution in [3.05, 3.63) is 22.9 Å². The minimum absolute atomic E-state index is 0.0324. The van der Waals surface area contributed by atoms with E-state index >= 15 is 0 Å². The molecule has 0 saturated heterocycles. The van der Waals surface area contributed by atoms with E-state index < -0.39 is 12.2 Å². The third-order valence-corrected chi connectivity index (χ3v) is 1.85. The van der Waals surface area contributed by atoms with E-state index in [0.717, 1.165) is 0 Å². The first-order valence-electron chi connectivity index (χ1n) is 4.29. The third kappa shape index (κ3) is 2.93. The number of ether oxygens (including phenoxy) is 1. The molecule has 0 radical (unpaired) electrons. The van der Waals surface area contributed by atoms with Crippen molar-refractivity contribution in [1.82, 2.24) is 4.98 Å². The molecule has 4 nitrogen and oxygen atoms in total. The van der Waals surface area contributed by atoms with Gasteiger partial charge in [-0.25, -0.2) is 4.98 Å². The van der Waals surface area contributed by atoms with Gasteiger partial charge in [-0.1, -0.05) is 0 Å². The van der Waals surface area contributed by atoms with Crippen molar-refractivity contribution in [2.45, 2.75) is 19.8 Å². The molecule has 1 heterocycles. The van der Waals surface area contributed by atoms with Crippen LogP contribution in [0.5, 0.6) is 5.88 Å². The van der Waals surface area contributed by atoms with Gasteiger partial charge >= 0.3 is 6.36 Å². The van der Waals surface area contributed by atoms with Crippen LogP contribution in [-0.4, -0.2) is 17.6 Å². The molecule has 0 aliphatic rings. The lowest BCUT2D eigenvalue weighted by atomic mass is 10.1. The van der Waals surface area contributed by atoms with E-state index in [1.165, 1.54) is 13.0 Å². The van der Waals surface area contributed by atoms with Gasteiger partial charge in [0.05, 0.1) is 5.69 Å². The van der Waals surface area contributed by atoms with Gasteiger partial charge in [-0.15, -0.1) is 13.2 Å². The van der Waals surface area contributed by atoms with Crippen molar-refractivity contribution in [3.8, 4) is 5.88 Å². The van der Waals surface area contributed by atoms with E-state index in [2.05, 4.69) is 9.72 Å². The van der Waals surface area contributed by atoms with Gasteiger partial charge < -0.3 is 10.5 Å². The maximum Gasteiger partial charge on any atom is 0.574 e. The highest BCUT2D eigenvalue weighted by Gasteiger charge is 2.33. The van der Waals surface area contributed by atoms with Crippen LogP contribution in [0.3, 0.4) is 0 Å². The molecule has 0 atom stereocenters. The second kappa shape index (κ2) is 4.48. The van der Waals surface area contributed by atoms with Crippen LogP contribution in [0.2, 0.25) is 0 Å². The molecule has 16 heavy (non-hydrogen) atoms. The van der Waals surface area contributed by atoms with Crippen molar-refractivity contribution >= 4 is 6.29 Å². The van der Waals surface area contributed by atoms with Gasteiger partial charge in [0.15, 0.2) is 6.29 Å². The van der Waals surface area contributed by atoms with Crippen molar-refractivity contribution < 1.29 is 22.7 Å². The molecule has 0 fully saturated rings. The number of pyridine rings is 1. The standard InChI is InChI=1S/C9H9F3N2O2/c1-5-7(4-15)2-6(3-13)8(14-5)16-9(10,11)12/h2,4H,3,13H2,1H3. The number of carbonyl (C=O) groups is 1. The van der Waals surface area contributed by atoms with Gasteiger partial charge in [0, 0.05) is 17.7 Å². The number of aldehydes is 1. The number of nitrogens with two attached hydrogens (primary N) is 1. The summed E-state index contributed by atoms with van der Waals surface area (Å²) in [7, 11) is 0. The van der Waals surface area contributed by atoms with Gasteiger partial charge in [0.1, 0.15) is 0 Å². The molecule has 0 aliphatic carbocycles. The molecule has 0 unspecified atom stereocenters. The summed E-state index contributed by atoms with van der Waals surface area (Å²) in [6.45, 7) is 1.22. The summed E-state index contributed by atoms with van der Waals surface area (Å²) < 4.78 is 39.7. The van der Waals surface area contributed by atoms with Crippen LogP contribution in [0.25, 0.3) is 0 Å². The van der Waals surface area contributed by atoms with E-state index in [1.54, 1.807) is 0 Å². The smallest absolute Gasteiger partial charge is 0.388 e. The zero-order valence-electron chi connectivity index (χ0n) is 8.34. The molecule has 0 bridgehead atoms. The average Bonchev–Trinajstić information content (AvgIpc) is 2.16. The Labute approximate surface area is 89.2 Å². The first-order valence-corrected chi connectivity index (χ1v) is 4.29. The Bertz CT molecular complexity index is 404. The SMILES string of the molecule is Cc1nc(OC(F)(F)F)c(CN)cc1C=O. The van der Waals surface area contributed by atoms with Crippen LogP contribution >= 0.6 is 0 Å². The first-order chi connectivity index (χ1) is 7.37. The number of halogens is 3. The molecular weight excluding hydrogens is 225 g/mol. The Hall–Kier alpha value is -1.63. The molecule has 88 valence electrons. The van der Waals surface area contributed by atoms with Crippen molar-refractivity contribution in [1.29, 1.82) is 0 Å². The number of aryl methyl sites for hydroxylation is 1. The third-order valence-electron chi connectivity index (χ3n) is 1.85. The maximum absolute atomic E-state index is 12.0. The Morgan fingerprint density at radius 2 is 2.19 bits per heavy atom. The first kappa shape index (κ1) is 12.4. The summed E-state index contributed by atoms with van der Waals surface area (Å²) >= 11 is 0.